The maximum Gasteiger partial charge on any atom is 0.135 e. The van der Waals surface area contributed by atoms with Gasteiger partial charge in [0.1, 0.15) is 16.5 Å². The highest BCUT2D eigenvalue weighted by Crippen LogP contribution is 2.25. The van der Waals surface area contributed by atoms with Crippen LogP contribution in [0.2, 0.25) is 0 Å². The molecule has 0 unspecified atom stereocenters. The molecule has 0 aliphatic carbocycles. The van der Waals surface area contributed by atoms with E-state index in [1.165, 1.54) is 0 Å². The predicted octanol–water partition coefficient (Wildman–Crippen LogP) is 2.86. The van der Waals surface area contributed by atoms with E-state index >= 15 is 0 Å². The number of rotatable bonds is 1. The lowest BCUT2D eigenvalue weighted by Crippen LogP contribution is -2.12. The molecule has 4 heteroatoms. The number of nitrogen functional groups attached to an aromatic ring is 1. The van der Waals surface area contributed by atoms with E-state index in [0.717, 1.165) is 22.5 Å². The number of fused-ring (bicyclic) bond motifs is 1. The molecular weight excluding hydrogens is 206 g/mol. The summed E-state index contributed by atoms with van der Waals surface area (Å²) in [5.41, 5.74) is 6.07. The largest absolute Gasteiger partial charge is 0.383 e. The fourth-order valence-corrected chi connectivity index (χ4v) is 2.27. The van der Waals surface area contributed by atoms with Gasteiger partial charge < -0.3 is 5.73 Å². The van der Waals surface area contributed by atoms with Crippen molar-refractivity contribution in [2.45, 2.75) is 27.2 Å². The van der Waals surface area contributed by atoms with Crippen LogP contribution in [-0.4, -0.2) is 9.97 Å². The number of hydrogen-bond donors (Lipinski definition) is 1. The lowest BCUT2D eigenvalue weighted by atomic mass is 9.92. The second-order valence-electron chi connectivity index (χ2n) is 4.90. The Bertz CT molecular complexity index is 482. The summed E-state index contributed by atoms with van der Waals surface area (Å²) in [4.78, 5) is 9.83. The van der Waals surface area contributed by atoms with Crippen LogP contribution in [-0.2, 0) is 6.42 Å². The number of thiophene rings is 1. The summed E-state index contributed by atoms with van der Waals surface area (Å²) < 4.78 is 0. The quantitative estimate of drug-likeness (QED) is 0.805. The highest BCUT2D eigenvalue weighted by atomic mass is 32.1. The highest BCUT2D eigenvalue weighted by Gasteiger charge is 2.15. The van der Waals surface area contributed by atoms with Crippen molar-refractivity contribution in [1.29, 1.82) is 0 Å². The van der Waals surface area contributed by atoms with Gasteiger partial charge in [-0.1, -0.05) is 20.8 Å². The molecule has 0 spiro atoms. The van der Waals surface area contributed by atoms with Crippen LogP contribution in [0.1, 0.15) is 26.6 Å². The van der Waals surface area contributed by atoms with Crippen molar-refractivity contribution >= 4 is 27.4 Å². The van der Waals surface area contributed by atoms with Crippen molar-refractivity contribution < 1.29 is 0 Å². The molecule has 0 aromatic carbocycles. The first kappa shape index (κ1) is 10.4. The molecule has 2 rings (SSSR count). The van der Waals surface area contributed by atoms with Crippen LogP contribution in [0.15, 0.2) is 11.4 Å². The molecule has 0 radical (unpaired) electrons. The molecule has 2 aromatic heterocycles. The average Bonchev–Trinajstić information content (AvgIpc) is 2.48. The molecule has 0 saturated carbocycles. The van der Waals surface area contributed by atoms with Crippen molar-refractivity contribution in [3.05, 3.63) is 17.3 Å². The normalized spacial score (nSPS) is 12.2. The summed E-state index contributed by atoms with van der Waals surface area (Å²) in [5.74, 6) is 1.44. The minimum absolute atomic E-state index is 0.192. The van der Waals surface area contributed by atoms with Gasteiger partial charge in [0.15, 0.2) is 0 Å². The van der Waals surface area contributed by atoms with Gasteiger partial charge in [0.2, 0.25) is 0 Å². The number of aromatic nitrogens is 2. The van der Waals surface area contributed by atoms with Crippen molar-refractivity contribution in [3.8, 4) is 0 Å². The number of hydrogen-bond acceptors (Lipinski definition) is 4. The maximum atomic E-state index is 5.88. The van der Waals surface area contributed by atoms with Crippen LogP contribution in [0.4, 0.5) is 5.82 Å². The zero-order chi connectivity index (χ0) is 11.1. The summed E-state index contributed by atoms with van der Waals surface area (Å²) in [6.07, 6.45) is 0.852. The van der Waals surface area contributed by atoms with E-state index in [2.05, 4.69) is 30.7 Å². The zero-order valence-corrected chi connectivity index (χ0v) is 10.1. The van der Waals surface area contributed by atoms with E-state index in [0.29, 0.717) is 5.82 Å². The summed E-state index contributed by atoms with van der Waals surface area (Å²) in [6.45, 7) is 6.52. The molecule has 2 aromatic rings. The molecule has 2 heterocycles. The van der Waals surface area contributed by atoms with Gasteiger partial charge in [-0.05, 0) is 16.9 Å². The van der Waals surface area contributed by atoms with E-state index < -0.39 is 0 Å². The maximum absolute atomic E-state index is 5.88. The Balaban J connectivity index is 2.45. The van der Waals surface area contributed by atoms with Gasteiger partial charge in [-0.25, -0.2) is 9.97 Å². The van der Waals surface area contributed by atoms with Gasteiger partial charge in [-0.3, -0.25) is 0 Å². The first-order chi connectivity index (χ1) is 6.96. The monoisotopic (exact) mass is 221 g/mol. The van der Waals surface area contributed by atoms with Crippen LogP contribution in [0, 0.1) is 5.41 Å². The minimum Gasteiger partial charge on any atom is -0.383 e. The van der Waals surface area contributed by atoms with Crippen molar-refractivity contribution in [3.63, 3.8) is 0 Å². The molecule has 0 saturated heterocycles. The second-order valence-corrected chi connectivity index (χ2v) is 5.80. The Morgan fingerprint density at radius 2 is 2.07 bits per heavy atom. The molecular formula is C11H15N3S. The van der Waals surface area contributed by atoms with Crippen LogP contribution in [0.5, 0.6) is 0 Å². The Hall–Kier alpha value is -1.16. The van der Waals surface area contributed by atoms with Gasteiger partial charge in [0.05, 0.1) is 5.39 Å². The lowest BCUT2D eigenvalue weighted by Gasteiger charge is -2.16. The second kappa shape index (κ2) is 3.45. The molecule has 0 atom stereocenters. The summed E-state index contributed by atoms with van der Waals surface area (Å²) in [6, 6.07) is 1.97. The molecule has 0 fully saturated rings. The van der Waals surface area contributed by atoms with E-state index in [1.54, 1.807) is 11.3 Å². The molecule has 3 nitrogen and oxygen atoms in total. The topological polar surface area (TPSA) is 51.8 Å². The predicted molar refractivity (Wildman–Crippen MR) is 65.0 cm³/mol. The van der Waals surface area contributed by atoms with E-state index in [1.807, 2.05) is 11.4 Å². The molecule has 2 N–H and O–H groups in total. The van der Waals surface area contributed by atoms with Crippen LogP contribution in [0.25, 0.3) is 10.2 Å². The lowest BCUT2D eigenvalue weighted by molar-refractivity contribution is 0.401. The number of nitrogens with two attached hydrogens (primary N) is 1. The third-order valence-corrected chi connectivity index (χ3v) is 2.90. The third-order valence-electron chi connectivity index (χ3n) is 2.09. The number of anilines is 1. The van der Waals surface area contributed by atoms with E-state index in [9.17, 15) is 0 Å². The molecule has 15 heavy (non-hydrogen) atoms. The Morgan fingerprint density at radius 1 is 1.33 bits per heavy atom. The molecule has 0 aliphatic heterocycles. The Morgan fingerprint density at radius 3 is 2.73 bits per heavy atom. The highest BCUT2D eigenvalue weighted by molar-refractivity contribution is 7.16. The number of nitrogens with zero attached hydrogens (tertiary/aromatic N) is 2. The smallest absolute Gasteiger partial charge is 0.135 e. The summed E-state index contributed by atoms with van der Waals surface area (Å²) >= 11 is 1.61. The van der Waals surface area contributed by atoms with Crippen molar-refractivity contribution in [2.75, 3.05) is 5.73 Å². The summed E-state index contributed by atoms with van der Waals surface area (Å²) in [5, 5.41) is 2.97. The standard InChI is InChI=1S/C11H15N3S/c1-11(2,3)6-8-13-9(12)7-4-5-15-10(7)14-8/h4-5H,6H2,1-3H3,(H2,12,13,14). The van der Waals surface area contributed by atoms with Gasteiger partial charge in [0.25, 0.3) is 0 Å². The van der Waals surface area contributed by atoms with Crippen LogP contribution in [0.3, 0.4) is 0 Å². The van der Waals surface area contributed by atoms with E-state index in [4.69, 9.17) is 5.73 Å². The van der Waals surface area contributed by atoms with Crippen molar-refractivity contribution in [1.82, 2.24) is 9.97 Å². The van der Waals surface area contributed by atoms with Crippen molar-refractivity contribution in [2.24, 2.45) is 5.41 Å². The van der Waals surface area contributed by atoms with Gasteiger partial charge in [-0.15, -0.1) is 11.3 Å². The fraction of sp³-hybridized carbons (Fsp3) is 0.455. The Kier molecular flexibility index (Phi) is 2.38. The Labute approximate surface area is 93.4 Å². The van der Waals surface area contributed by atoms with Gasteiger partial charge in [-0.2, -0.15) is 0 Å². The van der Waals surface area contributed by atoms with Crippen LogP contribution < -0.4 is 5.73 Å². The van der Waals surface area contributed by atoms with E-state index in [-0.39, 0.29) is 5.41 Å². The first-order valence-electron chi connectivity index (χ1n) is 4.95. The third kappa shape index (κ3) is 2.26. The molecule has 0 aliphatic rings. The SMILES string of the molecule is CC(C)(C)Cc1nc(N)c2ccsc2n1. The zero-order valence-electron chi connectivity index (χ0n) is 9.24. The van der Waals surface area contributed by atoms with Crippen LogP contribution >= 0.6 is 11.3 Å². The summed E-state index contributed by atoms with van der Waals surface area (Å²) in [7, 11) is 0. The van der Waals surface area contributed by atoms with Gasteiger partial charge in [0, 0.05) is 6.42 Å². The molecule has 80 valence electrons. The fourth-order valence-electron chi connectivity index (χ4n) is 1.48. The average molecular weight is 221 g/mol. The molecule has 0 bridgehead atoms. The molecule has 0 amide bonds. The first-order valence-corrected chi connectivity index (χ1v) is 5.83. The van der Waals surface area contributed by atoms with Gasteiger partial charge >= 0.3 is 0 Å². The minimum atomic E-state index is 0.192.